The Morgan fingerprint density at radius 2 is 1.94 bits per heavy atom. The molecule has 0 spiro atoms. The summed E-state index contributed by atoms with van der Waals surface area (Å²) >= 11 is 0. The molecule has 5 nitrogen and oxygen atoms in total. The lowest BCUT2D eigenvalue weighted by Gasteiger charge is -2.36. The minimum absolute atomic E-state index is 0.0174. The molecule has 0 aromatic carbocycles. The van der Waals surface area contributed by atoms with Gasteiger partial charge >= 0.3 is 0 Å². The number of amides is 2. The smallest absolute Gasteiger partial charge is 0.245 e. The molecule has 0 saturated carbocycles. The molecule has 1 heterocycles. The summed E-state index contributed by atoms with van der Waals surface area (Å²) in [5.41, 5.74) is 0. The van der Waals surface area contributed by atoms with Crippen LogP contribution in [-0.4, -0.2) is 49.1 Å². The number of nitrogens with zero attached hydrogens (tertiary/aromatic N) is 1. The van der Waals surface area contributed by atoms with Gasteiger partial charge in [-0.25, -0.2) is 0 Å². The number of ether oxygens (including phenoxy) is 1. The Morgan fingerprint density at radius 3 is 2.59 bits per heavy atom. The van der Waals surface area contributed by atoms with E-state index in [2.05, 4.69) is 5.32 Å². The molecule has 2 amide bonds. The molecular weight excluding hydrogens is 220 g/mol. The third-order valence-electron chi connectivity index (χ3n) is 3.11. The lowest BCUT2D eigenvalue weighted by molar-refractivity contribution is -0.148. The fourth-order valence-corrected chi connectivity index (χ4v) is 1.99. The topological polar surface area (TPSA) is 58.6 Å². The molecule has 2 unspecified atom stereocenters. The van der Waals surface area contributed by atoms with Crippen molar-refractivity contribution in [3.63, 3.8) is 0 Å². The zero-order chi connectivity index (χ0) is 12.8. The summed E-state index contributed by atoms with van der Waals surface area (Å²) in [6, 6.07) is -0.737. The lowest BCUT2D eigenvalue weighted by Crippen LogP contribution is -2.61. The largest absolute Gasteiger partial charge is 0.385 e. The number of nitrogens with one attached hydrogen (secondary N) is 1. The van der Waals surface area contributed by atoms with Crippen molar-refractivity contribution in [2.45, 2.75) is 45.2 Å². The summed E-state index contributed by atoms with van der Waals surface area (Å²) in [5, 5.41) is 2.67. The van der Waals surface area contributed by atoms with E-state index < -0.39 is 6.04 Å². The van der Waals surface area contributed by atoms with Crippen LogP contribution in [0.2, 0.25) is 0 Å². The predicted octanol–water partition coefficient (Wildman–Crippen LogP) is 0.539. The van der Waals surface area contributed by atoms with Gasteiger partial charge in [0.2, 0.25) is 11.8 Å². The summed E-state index contributed by atoms with van der Waals surface area (Å²) in [6.07, 6.45) is 2.93. The van der Waals surface area contributed by atoms with Crippen LogP contribution in [0.1, 0.15) is 33.1 Å². The quantitative estimate of drug-likeness (QED) is 0.692. The van der Waals surface area contributed by atoms with Gasteiger partial charge in [0, 0.05) is 20.3 Å². The van der Waals surface area contributed by atoms with Gasteiger partial charge in [-0.2, -0.15) is 0 Å². The van der Waals surface area contributed by atoms with Crippen LogP contribution in [0.25, 0.3) is 0 Å². The average molecular weight is 242 g/mol. The number of carbonyl (C=O) groups is 2. The summed E-state index contributed by atoms with van der Waals surface area (Å²) in [5.74, 6) is -0.0437. The minimum atomic E-state index is -0.391. The van der Waals surface area contributed by atoms with E-state index in [9.17, 15) is 9.59 Å². The zero-order valence-electron chi connectivity index (χ0n) is 10.9. The molecule has 1 aliphatic rings. The molecule has 1 aliphatic heterocycles. The van der Waals surface area contributed by atoms with Crippen LogP contribution in [0.3, 0.4) is 0 Å². The van der Waals surface area contributed by atoms with Gasteiger partial charge in [-0.1, -0.05) is 0 Å². The zero-order valence-corrected chi connectivity index (χ0v) is 10.9. The highest BCUT2D eigenvalue weighted by Crippen LogP contribution is 2.11. The van der Waals surface area contributed by atoms with E-state index in [1.165, 1.54) is 0 Å². The molecule has 1 saturated heterocycles. The number of methoxy groups -OCH3 is 1. The number of unbranched alkanes of at least 4 members (excludes halogenated alkanes) is 2. The van der Waals surface area contributed by atoms with Crippen LogP contribution in [0.5, 0.6) is 0 Å². The fraction of sp³-hybridized carbons (Fsp3) is 0.833. The highest BCUT2D eigenvalue weighted by Gasteiger charge is 2.34. The van der Waals surface area contributed by atoms with Crippen LogP contribution < -0.4 is 5.32 Å². The van der Waals surface area contributed by atoms with Crippen LogP contribution >= 0.6 is 0 Å². The predicted molar refractivity (Wildman–Crippen MR) is 64.5 cm³/mol. The van der Waals surface area contributed by atoms with Crippen LogP contribution in [-0.2, 0) is 14.3 Å². The van der Waals surface area contributed by atoms with Crippen molar-refractivity contribution in [2.75, 3.05) is 20.3 Å². The van der Waals surface area contributed by atoms with Gasteiger partial charge in [0.1, 0.15) is 12.1 Å². The first-order valence-corrected chi connectivity index (χ1v) is 6.17. The van der Waals surface area contributed by atoms with Gasteiger partial charge in [0.25, 0.3) is 0 Å². The standard InChI is InChI=1S/C12H22N2O3/c1-9-12(16)14(10(2)11(15)13-9)7-5-4-6-8-17-3/h9-10H,4-8H2,1-3H3,(H,13,15). The van der Waals surface area contributed by atoms with Crippen molar-refractivity contribution < 1.29 is 14.3 Å². The third kappa shape index (κ3) is 3.70. The van der Waals surface area contributed by atoms with Crippen LogP contribution in [0, 0.1) is 0 Å². The Balaban J connectivity index is 2.38. The number of rotatable bonds is 6. The average Bonchev–Trinajstić information content (AvgIpc) is 2.30. The molecule has 5 heteroatoms. The molecule has 0 aliphatic carbocycles. The van der Waals surface area contributed by atoms with Gasteiger partial charge in [-0.05, 0) is 33.1 Å². The van der Waals surface area contributed by atoms with Gasteiger partial charge in [-0.15, -0.1) is 0 Å². The Kier molecular flexibility index (Phi) is 5.41. The molecule has 17 heavy (non-hydrogen) atoms. The third-order valence-corrected chi connectivity index (χ3v) is 3.11. The Hall–Kier alpha value is -1.10. The number of piperazine rings is 1. The van der Waals surface area contributed by atoms with Gasteiger partial charge in [0.15, 0.2) is 0 Å². The molecular formula is C12H22N2O3. The monoisotopic (exact) mass is 242 g/mol. The van der Waals surface area contributed by atoms with E-state index in [0.29, 0.717) is 6.54 Å². The summed E-state index contributed by atoms with van der Waals surface area (Å²) in [7, 11) is 1.68. The molecule has 98 valence electrons. The van der Waals surface area contributed by atoms with E-state index in [1.807, 2.05) is 0 Å². The van der Waals surface area contributed by atoms with E-state index in [4.69, 9.17) is 4.74 Å². The summed E-state index contributed by atoms with van der Waals surface area (Å²) in [4.78, 5) is 25.1. The Bertz CT molecular complexity index is 281. The molecule has 0 radical (unpaired) electrons. The van der Waals surface area contributed by atoms with E-state index in [-0.39, 0.29) is 17.9 Å². The van der Waals surface area contributed by atoms with Crippen molar-refractivity contribution in [2.24, 2.45) is 0 Å². The van der Waals surface area contributed by atoms with Crippen molar-refractivity contribution in [1.29, 1.82) is 0 Å². The lowest BCUT2D eigenvalue weighted by atomic mass is 10.1. The molecule has 1 rings (SSSR count). The van der Waals surface area contributed by atoms with Gasteiger partial charge in [0.05, 0.1) is 0 Å². The van der Waals surface area contributed by atoms with Gasteiger partial charge < -0.3 is 15.0 Å². The molecule has 0 aromatic heterocycles. The van der Waals surface area contributed by atoms with Crippen molar-refractivity contribution in [1.82, 2.24) is 10.2 Å². The van der Waals surface area contributed by atoms with Crippen LogP contribution in [0.4, 0.5) is 0 Å². The molecule has 2 atom stereocenters. The maximum absolute atomic E-state index is 11.9. The second-order valence-electron chi connectivity index (χ2n) is 4.49. The normalized spacial score (nSPS) is 25.0. The van der Waals surface area contributed by atoms with Crippen molar-refractivity contribution >= 4 is 11.8 Å². The maximum atomic E-state index is 11.9. The first-order valence-electron chi connectivity index (χ1n) is 6.17. The minimum Gasteiger partial charge on any atom is -0.385 e. The van der Waals surface area contributed by atoms with E-state index in [1.54, 1.807) is 25.9 Å². The maximum Gasteiger partial charge on any atom is 0.245 e. The van der Waals surface area contributed by atoms with E-state index in [0.717, 1.165) is 25.9 Å². The fourth-order valence-electron chi connectivity index (χ4n) is 1.99. The first kappa shape index (κ1) is 14.0. The molecule has 1 N–H and O–H groups in total. The molecule has 0 bridgehead atoms. The second kappa shape index (κ2) is 6.59. The Morgan fingerprint density at radius 1 is 1.24 bits per heavy atom. The SMILES string of the molecule is COCCCCCN1C(=O)C(C)NC(=O)C1C. The van der Waals surface area contributed by atoms with Crippen molar-refractivity contribution in [3.05, 3.63) is 0 Å². The number of hydrogen-bond acceptors (Lipinski definition) is 3. The van der Waals surface area contributed by atoms with Crippen LogP contribution in [0.15, 0.2) is 0 Å². The number of carbonyl (C=O) groups excluding carboxylic acids is 2. The second-order valence-corrected chi connectivity index (χ2v) is 4.49. The Labute approximate surface area is 102 Å². The highest BCUT2D eigenvalue weighted by molar-refractivity contribution is 5.96. The first-order chi connectivity index (χ1) is 8.07. The van der Waals surface area contributed by atoms with Gasteiger partial charge in [-0.3, -0.25) is 9.59 Å². The highest BCUT2D eigenvalue weighted by atomic mass is 16.5. The summed E-state index contributed by atoms with van der Waals surface area (Å²) < 4.78 is 4.97. The summed E-state index contributed by atoms with van der Waals surface area (Å²) in [6.45, 7) is 4.90. The van der Waals surface area contributed by atoms with Crippen molar-refractivity contribution in [3.8, 4) is 0 Å². The molecule has 0 aromatic rings. The number of hydrogen-bond donors (Lipinski definition) is 1. The van der Waals surface area contributed by atoms with E-state index >= 15 is 0 Å². The molecule has 1 fully saturated rings.